The van der Waals surface area contributed by atoms with Crippen molar-refractivity contribution in [2.24, 2.45) is 11.7 Å². The first-order chi connectivity index (χ1) is 19.2. The highest BCUT2D eigenvalue weighted by atomic mass is 32.1. The molecule has 0 radical (unpaired) electrons. The van der Waals surface area contributed by atoms with Crippen molar-refractivity contribution in [2.75, 3.05) is 26.7 Å². The molecule has 0 spiro atoms. The zero-order chi connectivity index (χ0) is 29.5. The number of thiocarbonyl (C=S) groups is 1. The van der Waals surface area contributed by atoms with Crippen LogP contribution in [-0.2, 0) is 10.3 Å². The first-order valence-corrected chi connectivity index (χ1v) is 14.7. The highest BCUT2D eigenvalue weighted by Crippen LogP contribution is 2.48. The molecule has 0 heterocycles. The average molecular weight is 565 g/mol. The predicted molar refractivity (Wildman–Crippen MR) is 173 cm³/mol. The molecule has 1 amide bonds. The molecular formula is C33H48N4O2S. The Labute approximate surface area is 246 Å². The number of hydrogen-bond donors (Lipinski definition) is 5. The van der Waals surface area contributed by atoms with Crippen LogP contribution in [0.3, 0.4) is 0 Å². The first-order valence-electron chi connectivity index (χ1n) is 14.3. The summed E-state index contributed by atoms with van der Waals surface area (Å²) in [5.74, 6) is 0.476. The maximum atomic E-state index is 11.4. The Morgan fingerprint density at radius 2 is 1.80 bits per heavy atom. The standard InChI is InChI=1S/C23H24N2O2S.C7H17N.C3H7N/c26-15-21(27)24-14-17-7-2-4-10-19(17)22(28)25-23(12-13-23)20-11-5-8-16-6-1-3-9-18(16)20;1-4-5-7(2)6-8-3;1-3(2)4/h1,3,5-11,26H,2,4,12-15H2,(H,24,27)(H,25,28);7-8H,4-6H2,1-3H3;1,4H2,2H3. The molecule has 0 saturated heterocycles. The smallest absolute Gasteiger partial charge is 0.245 e. The van der Waals surface area contributed by atoms with E-state index in [-0.39, 0.29) is 11.4 Å². The summed E-state index contributed by atoms with van der Waals surface area (Å²) in [5, 5.41) is 21.0. The predicted octanol–water partition coefficient (Wildman–Crippen LogP) is 5.62. The van der Waals surface area contributed by atoms with Gasteiger partial charge in [0.1, 0.15) is 11.6 Å². The minimum Gasteiger partial charge on any atom is -0.403 e. The number of nitrogens with one attached hydrogen (secondary N) is 3. The normalized spacial score (nSPS) is 15.6. The third-order valence-electron chi connectivity index (χ3n) is 6.86. The van der Waals surface area contributed by atoms with Gasteiger partial charge in [-0.1, -0.05) is 93.7 Å². The van der Waals surface area contributed by atoms with Crippen LogP contribution in [0.1, 0.15) is 64.9 Å². The largest absolute Gasteiger partial charge is 0.403 e. The molecule has 2 aromatic carbocycles. The fraction of sp³-hybridized carbons (Fsp3) is 0.455. The Bertz CT molecular complexity index is 1180. The van der Waals surface area contributed by atoms with E-state index >= 15 is 0 Å². The number of carbonyl (C=O) groups excluding carboxylic acids is 1. The second-order valence-electron chi connectivity index (χ2n) is 10.7. The van der Waals surface area contributed by atoms with Crippen molar-refractivity contribution in [1.82, 2.24) is 16.0 Å². The Hall–Kier alpha value is -3.00. The van der Waals surface area contributed by atoms with Crippen molar-refractivity contribution in [3.8, 4) is 0 Å². The van der Waals surface area contributed by atoms with Crippen molar-refractivity contribution in [1.29, 1.82) is 0 Å². The van der Waals surface area contributed by atoms with Crippen molar-refractivity contribution < 1.29 is 9.90 Å². The number of aliphatic hydroxyl groups is 1. The Balaban J connectivity index is 0.000000394. The summed E-state index contributed by atoms with van der Waals surface area (Å²) in [6, 6.07) is 14.9. The van der Waals surface area contributed by atoms with Crippen LogP contribution in [0.15, 0.2) is 78.0 Å². The van der Waals surface area contributed by atoms with Gasteiger partial charge in [-0.2, -0.15) is 0 Å². The lowest BCUT2D eigenvalue weighted by atomic mass is 9.94. The Morgan fingerprint density at radius 3 is 2.42 bits per heavy atom. The molecule has 6 N–H and O–H groups in total. The number of fused-ring (bicyclic) bond motifs is 1. The molecule has 4 rings (SSSR count). The summed E-state index contributed by atoms with van der Waals surface area (Å²) in [6.07, 6.45) is 10.9. The molecule has 1 saturated carbocycles. The van der Waals surface area contributed by atoms with Crippen molar-refractivity contribution in [2.45, 2.75) is 64.8 Å². The minimum atomic E-state index is -0.501. The van der Waals surface area contributed by atoms with Crippen LogP contribution in [-0.4, -0.2) is 42.7 Å². The van der Waals surface area contributed by atoms with Crippen LogP contribution in [0.4, 0.5) is 0 Å². The zero-order valence-corrected chi connectivity index (χ0v) is 25.5. The number of aliphatic hydroxyl groups excluding tert-OH is 1. The van der Waals surface area contributed by atoms with Crippen LogP contribution in [0.2, 0.25) is 0 Å². The van der Waals surface area contributed by atoms with E-state index in [0.717, 1.165) is 54.3 Å². The van der Waals surface area contributed by atoms with Gasteiger partial charge in [0.15, 0.2) is 0 Å². The van der Waals surface area contributed by atoms with Gasteiger partial charge in [0.05, 0.1) is 5.54 Å². The van der Waals surface area contributed by atoms with Crippen molar-refractivity contribution in [3.05, 3.63) is 83.6 Å². The maximum Gasteiger partial charge on any atom is 0.245 e. The third kappa shape index (κ3) is 10.5. The number of rotatable bonds is 10. The summed E-state index contributed by atoms with van der Waals surface area (Å²) in [6.45, 7) is 10.6. The van der Waals surface area contributed by atoms with Crippen LogP contribution >= 0.6 is 12.2 Å². The van der Waals surface area contributed by atoms with Crippen molar-refractivity contribution >= 4 is 33.9 Å². The summed E-state index contributed by atoms with van der Waals surface area (Å²) < 4.78 is 0. The van der Waals surface area contributed by atoms with Gasteiger partial charge < -0.3 is 26.8 Å². The van der Waals surface area contributed by atoms with E-state index in [0.29, 0.717) is 12.2 Å². The van der Waals surface area contributed by atoms with Gasteiger partial charge in [-0.15, -0.1) is 0 Å². The zero-order valence-electron chi connectivity index (χ0n) is 24.7. The Morgan fingerprint density at radius 1 is 1.15 bits per heavy atom. The molecule has 2 aromatic rings. The lowest BCUT2D eigenvalue weighted by Crippen LogP contribution is -2.37. The van der Waals surface area contributed by atoms with E-state index in [1.54, 1.807) is 6.92 Å². The van der Waals surface area contributed by atoms with Crippen LogP contribution < -0.4 is 21.7 Å². The lowest BCUT2D eigenvalue weighted by molar-refractivity contribution is -0.123. The molecule has 7 heteroatoms. The molecule has 1 atom stereocenters. The van der Waals surface area contributed by atoms with Crippen LogP contribution in [0.25, 0.3) is 10.8 Å². The molecule has 40 heavy (non-hydrogen) atoms. The number of allylic oxidation sites excluding steroid dienone is 3. The third-order valence-corrected chi connectivity index (χ3v) is 7.18. The van der Waals surface area contributed by atoms with Crippen LogP contribution in [0, 0.1) is 5.92 Å². The molecular weight excluding hydrogens is 516 g/mol. The van der Waals surface area contributed by atoms with Gasteiger partial charge in [0.25, 0.3) is 0 Å². The van der Waals surface area contributed by atoms with E-state index in [9.17, 15) is 4.79 Å². The van der Waals surface area contributed by atoms with Gasteiger partial charge in [0.2, 0.25) is 5.91 Å². The fourth-order valence-electron chi connectivity index (χ4n) is 4.84. The topological polar surface area (TPSA) is 99.4 Å². The number of carbonyl (C=O) groups is 1. The molecule has 0 aromatic heterocycles. The first kappa shape index (κ1) is 33.2. The van der Waals surface area contributed by atoms with E-state index in [2.05, 4.69) is 91.0 Å². The van der Waals surface area contributed by atoms with Gasteiger partial charge in [-0.25, -0.2) is 0 Å². The Kier molecular flexibility index (Phi) is 14.1. The molecule has 0 bridgehead atoms. The molecule has 1 unspecified atom stereocenters. The summed E-state index contributed by atoms with van der Waals surface area (Å²) in [7, 11) is 2.01. The quantitative estimate of drug-likeness (QED) is 0.240. The molecule has 218 valence electrons. The highest BCUT2D eigenvalue weighted by molar-refractivity contribution is 7.80. The number of amides is 1. The van der Waals surface area contributed by atoms with Gasteiger partial charge in [0, 0.05) is 12.1 Å². The molecule has 1 fully saturated rings. The number of nitrogens with two attached hydrogens (primary N) is 1. The van der Waals surface area contributed by atoms with Gasteiger partial charge in [-0.05, 0) is 86.1 Å². The summed E-state index contributed by atoms with van der Waals surface area (Å²) >= 11 is 5.79. The average Bonchev–Trinajstić information content (AvgIpc) is 3.72. The monoisotopic (exact) mass is 564 g/mol. The molecule has 6 nitrogen and oxygen atoms in total. The highest BCUT2D eigenvalue weighted by Gasteiger charge is 2.46. The number of hydrogen-bond acceptors (Lipinski definition) is 5. The maximum absolute atomic E-state index is 11.4. The van der Waals surface area contributed by atoms with Crippen LogP contribution in [0.5, 0.6) is 0 Å². The molecule has 0 aliphatic heterocycles. The van der Waals surface area contributed by atoms with Crippen molar-refractivity contribution in [3.63, 3.8) is 0 Å². The summed E-state index contributed by atoms with van der Waals surface area (Å²) in [4.78, 5) is 12.2. The minimum absolute atomic E-state index is 0.115. The molecule has 2 aliphatic rings. The van der Waals surface area contributed by atoms with E-state index < -0.39 is 6.61 Å². The lowest BCUT2D eigenvalue weighted by Gasteiger charge is -2.25. The van der Waals surface area contributed by atoms with Gasteiger partial charge >= 0.3 is 0 Å². The number of benzene rings is 2. The molecule has 2 aliphatic carbocycles. The second kappa shape index (κ2) is 17.0. The van der Waals surface area contributed by atoms with E-state index in [4.69, 9.17) is 23.1 Å². The van der Waals surface area contributed by atoms with E-state index in [1.807, 2.05) is 7.05 Å². The van der Waals surface area contributed by atoms with E-state index in [1.165, 1.54) is 29.2 Å². The van der Waals surface area contributed by atoms with Gasteiger partial charge in [-0.3, -0.25) is 4.79 Å². The second-order valence-corrected chi connectivity index (χ2v) is 11.1. The summed E-state index contributed by atoms with van der Waals surface area (Å²) in [5.41, 5.74) is 8.77. The SMILES string of the molecule is C=C(C)N.CCCC(C)CNC.O=C(CO)NCC1=CCCC=C1C(=S)NC1(c2cccc3ccccc23)CC1. The fourth-order valence-corrected chi connectivity index (χ4v) is 5.25.